The van der Waals surface area contributed by atoms with E-state index in [4.69, 9.17) is 5.73 Å². The maximum atomic E-state index is 5.57. The molecule has 2 nitrogen and oxygen atoms in total. The van der Waals surface area contributed by atoms with E-state index in [1.165, 1.54) is 16.4 Å². The van der Waals surface area contributed by atoms with E-state index in [0.29, 0.717) is 11.7 Å². The fraction of sp³-hybridized carbons (Fsp3) is 0.571. The number of nitrogen functional groups attached to an aromatic ring is 1. The predicted molar refractivity (Wildman–Crippen MR) is 52.8 cm³/mol. The molecule has 0 aliphatic rings. The van der Waals surface area contributed by atoms with Crippen LogP contribution < -0.4 is 5.73 Å². The lowest BCUT2D eigenvalue weighted by Crippen LogP contribution is -1.92. The van der Waals surface area contributed by atoms with Crippen LogP contribution in [-0.2, 0) is 6.42 Å². The lowest BCUT2D eigenvalue weighted by Gasteiger charge is -2.00. The van der Waals surface area contributed by atoms with Crippen molar-refractivity contribution < 1.29 is 0 Å². The minimum absolute atomic E-state index is 0.616. The smallest absolute Gasteiger partial charge is 0.151 e. The molecule has 0 radical (unpaired) electrons. The van der Waals surface area contributed by atoms with Crippen LogP contribution in [0.4, 0.5) is 5.82 Å². The standard InChI is InChI=1S/C7H11BrN2S/c1-4(2)3-5-6(8)7(9)10-11-5/h4H,3H2,1-2H3,(H2,9,10). The second-order valence-corrected chi connectivity index (χ2v) is 4.55. The maximum absolute atomic E-state index is 5.57. The topological polar surface area (TPSA) is 38.9 Å². The van der Waals surface area contributed by atoms with Gasteiger partial charge in [-0.2, -0.15) is 4.37 Å². The Morgan fingerprint density at radius 1 is 1.64 bits per heavy atom. The molecule has 0 saturated carbocycles. The summed E-state index contributed by atoms with van der Waals surface area (Å²) >= 11 is 4.88. The Bertz CT molecular complexity index is 245. The fourth-order valence-corrected chi connectivity index (χ4v) is 2.30. The molecule has 11 heavy (non-hydrogen) atoms. The summed E-state index contributed by atoms with van der Waals surface area (Å²) in [5, 5.41) is 0. The summed E-state index contributed by atoms with van der Waals surface area (Å²) in [6.45, 7) is 4.37. The largest absolute Gasteiger partial charge is 0.382 e. The Balaban J connectivity index is 2.79. The highest BCUT2D eigenvalue weighted by Gasteiger charge is 2.08. The van der Waals surface area contributed by atoms with E-state index in [-0.39, 0.29) is 0 Å². The van der Waals surface area contributed by atoms with Crippen molar-refractivity contribution in [2.45, 2.75) is 20.3 Å². The van der Waals surface area contributed by atoms with Crippen LogP contribution in [0.1, 0.15) is 18.7 Å². The quantitative estimate of drug-likeness (QED) is 0.855. The van der Waals surface area contributed by atoms with Crippen LogP contribution in [-0.4, -0.2) is 4.37 Å². The Labute approximate surface area is 79.1 Å². The summed E-state index contributed by atoms with van der Waals surface area (Å²) in [5.74, 6) is 1.27. The van der Waals surface area contributed by atoms with Crippen molar-refractivity contribution in [2.75, 3.05) is 5.73 Å². The van der Waals surface area contributed by atoms with Gasteiger partial charge in [0, 0.05) is 4.88 Å². The van der Waals surface area contributed by atoms with Crippen LogP contribution >= 0.6 is 27.5 Å². The van der Waals surface area contributed by atoms with E-state index >= 15 is 0 Å². The second-order valence-electron chi connectivity index (χ2n) is 2.90. The number of hydrogen-bond donors (Lipinski definition) is 1. The normalized spacial score (nSPS) is 10.9. The van der Waals surface area contributed by atoms with Crippen LogP contribution in [0.5, 0.6) is 0 Å². The second kappa shape index (κ2) is 3.54. The molecule has 1 aromatic rings. The first-order chi connectivity index (χ1) is 5.11. The number of halogens is 1. The van der Waals surface area contributed by atoms with Crippen molar-refractivity contribution in [3.05, 3.63) is 9.35 Å². The molecule has 0 unspecified atom stereocenters. The Kier molecular flexibility index (Phi) is 2.90. The van der Waals surface area contributed by atoms with Gasteiger partial charge < -0.3 is 5.73 Å². The number of nitrogens with zero attached hydrogens (tertiary/aromatic N) is 1. The van der Waals surface area contributed by atoms with E-state index in [1.54, 1.807) is 0 Å². The van der Waals surface area contributed by atoms with Crippen molar-refractivity contribution in [2.24, 2.45) is 5.92 Å². The third-order valence-corrected chi connectivity index (χ3v) is 3.34. The van der Waals surface area contributed by atoms with Gasteiger partial charge in [0.1, 0.15) is 0 Å². The van der Waals surface area contributed by atoms with E-state index in [9.17, 15) is 0 Å². The summed E-state index contributed by atoms with van der Waals surface area (Å²) in [6, 6.07) is 0. The van der Waals surface area contributed by atoms with Crippen molar-refractivity contribution >= 4 is 33.3 Å². The van der Waals surface area contributed by atoms with Crippen LogP contribution in [0.2, 0.25) is 0 Å². The lowest BCUT2D eigenvalue weighted by molar-refractivity contribution is 0.653. The summed E-state index contributed by atoms with van der Waals surface area (Å²) in [5.41, 5.74) is 5.57. The molecular formula is C7H11BrN2S. The van der Waals surface area contributed by atoms with Gasteiger partial charge >= 0.3 is 0 Å². The minimum Gasteiger partial charge on any atom is -0.382 e. The molecule has 0 bridgehead atoms. The van der Waals surface area contributed by atoms with Crippen LogP contribution in [0.3, 0.4) is 0 Å². The molecule has 0 atom stereocenters. The van der Waals surface area contributed by atoms with Gasteiger partial charge in [-0.15, -0.1) is 0 Å². The lowest BCUT2D eigenvalue weighted by atomic mass is 10.1. The van der Waals surface area contributed by atoms with E-state index in [0.717, 1.165) is 10.9 Å². The van der Waals surface area contributed by atoms with Crippen molar-refractivity contribution in [1.29, 1.82) is 0 Å². The first kappa shape index (κ1) is 9.00. The number of anilines is 1. The van der Waals surface area contributed by atoms with Gasteiger partial charge in [0.05, 0.1) is 4.47 Å². The van der Waals surface area contributed by atoms with Crippen LogP contribution in [0.15, 0.2) is 4.47 Å². The average molecular weight is 235 g/mol. The molecule has 0 aliphatic carbocycles. The van der Waals surface area contributed by atoms with E-state index < -0.39 is 0 Å². The Hall–Kier alpha value is -0.0900. The SMILES string of the molecule is CC(C)Cc1snc(N)c1Br. The summed E-state index contributed by atoms with van der Waals surface area (Å²) in [4.78, 5) is 1.25. The van der Waals surface area contributed by atoms with Gasteiger partial charge in [-0.1, -0.05) is 13.8 Å². The molecule has 62 valence electrons. The zero-order chi connectivity index (χ0) is 8.43. The molecule has 0 saturated heterocycles. The number of hydrogen-bond acceptors (Lipinski definition) is 3. The third-order valence-electron chi connectivity index (χ3n) is 1.32. The zero-order valence-corrected chi connectivity index (χ0v) is 9.00. The first-order valence-corrected chi connectivity index (χ1v) is 5.07. The fourth-order valence-electron chi connectivity index (χ4n) is 0.825. The Morgan fingerprint density at radius 3 is 2.64 bits per heavy atom. The predicted octanol–water partition coefficient (Wildman–Crippen LogP) is 2.69. The summed E-state index contributed by atoms with van der Waals surface area (Å²) in [7, 11) is 0. The van der Waals surface area contributed by atoms with Crippen molar-refractivity contribution in [3.63, 3.8) is 0 Å². The molecule has 1 aromatic heterocycles. The number of rotatable bonds is 2. The first-order valence-electron chi connectivity index (χ1n) is 3.50. The molecule has 0 spiro atoms. The average Bonchev–Trinajstić information content (AvgIpc) is 2.18. The molecule has 0 fully saturated rings. The Morgan fingerprint density at radius 2 is 2.27 bits per heavy atom. The number of nitrogens with two attached hydrogens (primary N) is 1. The van der Waals surface area contributed by atoms with Crippen molar-refractivity contribution in [1.82, 2.24) is 4.37 Å². The highest BCUT2D eigenvalue weighted by atomic mass is 79.9. The minimum atomic E-state index is 0.616. The number of aromatic nitrogens is 1. The van der Waals surface area contributed by atoms with Crippen LogP contribution in [0, 0.1) is 5.92 Å². The van der Waals surface area contributed by atoms with Crippen LogP contribution in [0.25, 0.3) is 0 Å². The highest BCUT2D eigenvalue weighted by Crippen LogP contribution is 2.28. The van der Waals surface area contributed by atoms with E-state index in [1.807, 2.05) is 0 Å². The van der Waals surface area contributed by atoms with Gasteiger partial charge in [-0.25, -0.2) is 0 Å². The van der Waals surface area contributed by atoms with Gasteiger partial charge in [0.25, 0.3) is 0 Å². The molecule has 0 amide bonds. The van der Waals surface area contributed by atoms with Gasteiger partial charge in [-0.3, -0.25) is 0 Å². The highest BCUT2D eigenvalue weighted by molar-refractivity contribution is 9.10. The monoisotopic (exact) mass is 234 g/mol. The van der Waals surface area contributed by atoms with Gasteiger partial charge in [0.2, 0.25) is 0 Å². The molecule has 0 aromatic carbocycles. The molecule has 4 heteroatoms. The summed E-state index contributed by atoms with van der Waals surface area (Å²) < 4.78 is 5.02. The van der Waals surface area contributed by atoms with Crippen molar-refractivity contribution in [3.8, 4) is 0 Å². The molecular weight excluding hydrogens is 224 g/mol. The molecule has 0 aliphatic heterocycles. The summed E-state index contributed by atoms with van der Waals surface area (Å²) in [6.07, 6.45) is 1.05. The van der Waals surface area contributed by atoms with E-state index in [2.05, 4.69) is 34.2 Å². The van der Waals surface area contributed by atoms with Gasteiger partial charge in [0.15, 0.2) is 5.82 Å². The zero-order valence-electron chi connectivity index (χ0n) is 6.60. The maximum Gasteiger partial charge on any atom is 0.151 e. The van der Waals surface area contributed by atoms with Gasteiger partial charge in [-0.05, 0) is 39.8 Å². The molecule has 2 N–H and O–H groups in total. The molecule has 1 rings (SSSR count). The third kappa shape index (κ3) is 2.17. The molecule has 1 heterocycles.